The number of amides is 1. The Morgan fingerprint density at radius 3 is 2.06 bits per heavy atom. The van der Waals surface area contributed by atoms with E-state index in [4.69, 9.17) is 0 Å². The van der Waals surface area contributed by atoms with Gasteiger partial charge in [0.15, 0.2) is 0 Å². The lowest BCUT2D eigenvalue weighted by Gasteiger charge is -2.38. The van der Waals surface area contributed by atoms with E-state index >= 15 is 0 Å². The summed E-state index contributed by atoms with van der Waals surface area (Å²) in [5.41, 5.74) is 4.47. The Balaban J connectivity index is 1.73. The molecule has 0 saturated carbocycles. The highest BCUT2D eigenvalue weighted by atomic mass is 16.1. The third kappa shape index (κ3) is 6.08. The molecule has 0 bridgehead atoms. The second-order valence-electron chi connectivity index (χ2n) is 9.88. The molecular weight excluding hydrogens is 384 g/mol. The highest BCUT2D eigenvalue weighted by molar-refractivity contribution is 5.94. The molecular formula is C26H38N4O. The van der Waals surface area contributed by atoms with E-state index in [9.17, 15) is 4.79 Å². The van der Waals surface area contributed by atoms with Gasteiger partial charge < -0.3 is 15.1 Å². The van der Waals surface area contributed by atoms with Crippen molar-refractivity contribution < 1.29 is 4.79 Å². The van der Waals surface area contributed by atoms with Gasteiger partial charge in [-0.25, -0.2) is 0 Å². The van der Waals surface area contributed by atoms with Crippen LogP contribution >= 0.6 is 0 Å². The van der Waals surface area contributed by atoms with Crippen LogP contribution in [0.3, 0.4) is 0 Å². The normalized spacial score (nSPS) is 16.7. The summed E-state index contributed by atoms with van der Waals surface area (Å²) >= 11 is 0. The number of anilines is 1. The van der Waals surface area contributed by atoms with Crippen molar-refractivity contribution in [2.75, 3.05) is 58.8 Å². The first-order chi connectivity index (χ1) is 14.6. The van der Waals surface area contributed by atoms with Crippen molar-refractivity contribution in [2.24, 2.45) is 0 Å². The van der Waals surface area contributed by atoms with Crippen LogP contribution in [0.1, 0.15) is 48.3 Å². The van der Waals surface area contributed by atoms with Crippen LogP contribution in [0.25, 0.3) is 0 Å². The molecule has 2 aromatic rings. The smallest absolute Gasteiger partial charge is 0.251 e. The summed E-state index contributed by atoms with van der Waals surface area (Å²) in [6.07, 6.45) is 0. The first-order valence-corrected chi connectivity index (χ1v) is 11.2. The van der Waals surface area contributed by atoms with Crippen molar-refractivity contribution >= 4 is 11.6 Å². The monoisotopic (exact) mass is 422 g/mol. The van der Waals surface area contributed by atoms with Crippen LogP contribution in [0.5, 0.6) is 0 Å². The van der Waals surface area contributed by atoms with Crippen LogP contribution in [0, 0.1) is 0 Å². The van der Waals surface area contributed by atoms with Crippen LogP contribution in [-0.4, -0.2) is 69.6 Å². The molecule has 1 heterocycles. The van der Waals surface area contributed by atoms with E-state index in [1.807, 2.05) is 12.1 Å². The molecule has 0 radical (unpaired) electrons. The van der Waals surface area contributed by atoms with Gasteiger partial charge in [-0.3, -0.25) is 9.69 Å². The van der Waals surface area contributed by atoms with Gasteiger partial charge in [0.05, 0.1) is 6.04 Å². The van der Waals surface area contributed by atoms with Crippen LogP contribution in [-0.2, 0) is 5.41 Å². The van der Waals surface area contributed by atoms with Crippen molar-refractivity contribution in [3.05, 3.63) is 65.2 Å². The summed E-state index contributed by atoms with van der Waals surface area (Å²) in [6, 6.07) is 16.9. The fourth-order valence-corrected chi connectivity index (χ4v) is 4.00. The zero-order valence-corrected chi connectivity index (χ0v) is 20.0. The lowest BCUT2D eigenvalue weighted by Crippen LogP contribution is -2.48. The molecule has 0 spiro atoms. The summed E-state index contributed by atoms with van der Waals surface area (Å²) in [5, 5.41) is 3.20. The summed E-state index contributed by atoms with van der Waals surface area (Å²) in [4.78, 5) is 19.8. The van der Waals surface area contributed by atoms with Gasteiger partial charge in [0.1, 0.15) is 0 Å². The quantitative estimate of drug-likeness (QED) is 0.769. The Hall–Kier alpha value is -2.37. The second kappa shape index (κ2) is 9.84. The molecule has 1 fully saturated rings. The van der Waals surface area contributed by atoms with E-state index in [0.29, 0.717) is 12.1 Å². The van der Waals surface area contributed by atoms with Gasteiger partial charge >= 0.3 is 0 Å². The lowest BCUT2D eigenvalue weighted by atomic mass is 9.87. The second-order valence-corrected chi connectivity index (χ2v) is 9.88. The average molecular weight is 423 g/mol. The Morgan fingerprint density at radius 2 is 1.55 bits per heavy atom. The maximum Gasteiger partial charge on any atom is 0.251 e. The van der Waals surface area contributed by atoms with E-state index in [-0.39, 0.29) is 17.4 Å². The van der Waals surface area contributed by atoms with E-state index in [1.54, 1.807) is 0 Å². The molecule has 1 amide bonds. The predicted octanol–water partition coefficient (Wildman–Crippen LogP) is 3.77. The minimum absolute atomic E-state index is 0.00972. The van der Waals surface area contributed by atoms with Gasteiger partial charge in [0, 0.05) is 58.1 Å². The number of hydrogen-bond donors (Lipinski definition) is 1. The minimum Gasteiger partial charge on any atom is -0.378 e. The number of hydrogen-bond acceptors (Lipinski definition) is 4. The van der Waals surface area contributed by atoms with Gasteiger partial charge in [-0.15, -0.1) is 0 Å². The predicted molar refractivity (Wildman–Crippen MR) is 130 cm³/mol. The molecule has 31 heavy (non-hydrogen) atoms. The average Bonchev–Trinajstić information content (AvgIpc) is 2.74. The van der Waals surface area contributed by atoms with Crippen LogP contribution in [0.2, 0.25) is 0 Å². The Bertz CT molecular complexity index is 844. The van der Waals surface area contributed by atoms with Crippen molar-refractivity contribution in [2.45, 2.75) is 32.2 Å². The molecule has 1 saturated heterocycles. The molecule has 3 rings (SSSR count). The van der Waals surface area contributed by atoms with E-state index in [1.165, 1.54) is 16.8 Å². The SMILES string of the molecule is CN1CCN([C@H](CNC(=O)c2ccc(C(C)(C)C)cc2)c2ccc(N(C)C)cc2)CC1. The third-order valence-corrected chi connectivity index (χ3v) is 6.24. The van der Waals surface area contributed by atoms with Crippen LogP contribution in [0.4, 0.5) is 5.69 Å². The number of rotatable bonds is 6. The highest BCUT2D eigenvalue weighted by Gasteiger charge is 2.25. The lowest BCUT2D eigenvalue weighted by molar-refractivity contribution is 0.0886. The summed E-state index contributed by atoms with van der Waals surface area (Å²) in [7, 11) is 6.28. The van der Waals surface area contributed by atoms with Crippen molar-refractivity contribution in [3.63, 3.8) is 0 Å². The maximum atomic E-state index is 12.9. The van der Waals surface area contributed by atoms with Gasteiger partial charge in [-0.05, 0) is 47.9 Å². The summed E-state index contributed by atoms with van der Waals surface area (Å²) in [5.74, 6) is -0.00972. The van der Waals surface area contributed by atoms with Crippen molar-refractivity contribution in [1.82, 2.24) is 15.1 Å². The van der Waals surface area contributed by atoms with Gasteiger partial charge in [-0.1, -0.05) is 45.0 Å². The molecule has 0 aliphatic carbocycles. The largest absolute Gasteiger partial charge is 0.378 e. The number of carbonyl (C=O) groups is 1. The van der Waals surface area contributed by atoms with Crippen molar-refractivity contribution in [1.29, 1.82) is 0 Å². The highest BCUT2D eigenvalue weighted by Crippen LogP contribution is 2.25. The molecule has 5 heteroatoms. The molecule has 1 N–H and O–H groups in total. The van der Waals surface area contributed by atoms with Crippen LogP contribution < -0.4 is 10.2 Å². The number of nitrogens with one attached hydrogen (secondary N) is 1. The Kier molecular flexibility index (Phi) is 7.39. The maximum absolute atomic E-state index is 12.9. The molecule has 1 aliphatic rings. The molecule has 5 nitrogen and oxygen atoms in total. The molecule has 0 unspecified atom stereocenters. The first kappa shape index (κ1) is 23.3. The number of likely N-dealkylation sites (N-methyl/N-ethyl adjacent to an activating group) is 1. The fourth-order valence-electron chi connectivity index (χ4n) is 4.00. The van der Waals surface area contributed by atoms with Gasteiger partial charge in [-0.2, -0.15) is 0 Å². The van der Waals surface area contributed by atoms with E-state index < -0.39 is 0 Å². The number of nitrogens with zero attached hydrogens (tertiary/aromatic N) is 3. The summed E-state index contributed by atoms with van der Waals surface area (Å²) in [6.45, 7) is 11.3. The standard InChI is InChI=1S/C26H38N4O/c1-26(2,3)22-11-7-21(8-12-22)25(31)27-19-24(30-17-15-29(6)16-18-30)20-9-13-23(14-10-20)28(4)5/h7-14,24H,15-19H2,1-6H3,(H,27,31)/t24-/m1/s1. The van der Waals surface area contributed by atoms with Crippen LogP contribution in [0.15, 0.2) is 48.5 Å². The zero-order valence-electron chi connectivity index (χ0n) is 20.0. The molecule has 2 aromatic carbocycles. The molecule has 1 atom stereocenters. The van der Waals surface area contributed by atoms with Crippen molar-refractivity contribution in [3.8, 4) is 0 Å². The minimum atomic E-state index is -0.00972. The van der Waals surface area contributed by atoms with Gasteiger partial charge in [0.2, 0.25) is 0 Å². The molecule has 168 valence electrons. The van der Waals surface area contributed by atoms with Gasteiger partial charge in [0.25, 0.3) is 5.91 Å². The first-order valence-electron chi connectivity index (χ1n) is 11.2. The Labute approximate surface area is 188 Å². The number of carbonyl (C=O) groups excluding carboxylic acids is 1. The zero-order chi connectivity index (χ0) is 22.6. The Morgan fingerprint density at radius 1 is 0.968 bits per heavy atom. The number of benzene rings is 2. The number of piperazine rings is 1. The molecule has 1 aliphatic heterocycles. The topological polar surface area (TPSA) is 38.8 Å². The summed E-state index contributed by atoms with van der Waals surface area (Å²) < 4.78 is 0. The fraction of sp³-hybridized carbons (Fsp3) is 0.500. The van der Waals surface area contributed by atoms with E-state index in [0.717, 1.165) is 26.2 Å². The molecule has 0 aromatic heterocycles. The van der Waals surface area contributed by atoms with E-state index in [2.05, 4.69) is 98.3 Å². The third-order valence-electron chi connectivity index (χ3n) is 6.24.